The average molecular weight is 369 g/mol. The minimum atomic E-state index is -0.377. The summed E-state index contributed by atoms with van der Waals surface area (Å²) in [5, 5.41) is 9.02. The van der Waals surface area contributed by atoms with Gasteiger partial charge < -0.3 is 10.1 Å². The Labute approximate surface area is 155 Å². The van der Waals surface area contributed by atoms with Crippen LogP contribution in [0.25, 0.3) is 5.69 Å². The van der Waals surface area contributed by atoms with Gasteiger partial charge in [-0.15, -0.1) is 11.3 Å². The fraction of sp³-hybridized carbons (Fsp3) is 0.211. The SMILES string of the molecule is COC(=O)CC(NC(=O)Cc1ccc(-n2cccn2)cc1)c1cccs1. The molecule has 0 fully saturated rings. The maximum Gasteiger partial charge on any atom is 0.307 e. The van der Waals surface area contributed by atoms with E-state index >= 15 is 0 Å². The van der Waals surface area contributed by atoms with Gasteiger partial charge in [-0.2, -0.15) is 5.10 Å². The fourth-order valence-electron chi connectivity index (χ4n) is 2.58. The zero-order valence-electron chi connectivity index (χ0n) is 14.3. The maximum atomic E-state index is 12.4. The van der Waals surface area contributed by atoms with Crippen LogP contribution in [0, 0.1) is 0 Å². The number of hydrogen-bond acceptors (Lipinski definition) is 5. The van der Waals surface area contributed by atoms with Crippen LogP contribution in [-0.4, -0.2) is 28.8 Å². The first-order valence-electron chi connectivity index (χ1n) is 8.14. The summed E-state index contributed by atoms with van der Waals surface area (Å²) in [6, 6.07) is 12.9. The van der Waals surface area contributed by atoms with E-state index in [1.165, 1.54) is 18.4 Å². The molecular formula is C19H19N3O3S. The van der Waals surface area contributed by atoms with Gasteiger partial charge in [-0.3, -0.25) is 9.59 Å². The van der Waals surface area contributed by atoms with Gasteiger partial charge in [0, 0.05) is 17.3 Å². The van der Waals surface area contributed by atoms with Crippen LogP contribution in [-0.2, 0) is 20.7 Å². The zero-order chi connectivity index (χ0) is 18.4. The molecular weight excluding hydrogens is 350 g/mol. The molecule has 0 saturated carbocycles. The number of carbonyl (C=O) groups excluding carboxylic acids is 2. The van der Waals surface area contributed by atoms with Crippen molar-refractivity contribution >= 4 is 23.2 Å². The summed E-state index contributed by atoms with van der Waals surface area (Å²) in [4.78, 5) is 25.0. The standard InChI is InChI=1S/C19H19N3O3S/c1-25-19(24)13-16(17-4-2-11-26-17)21-18(23)12-14-5-7-15(8-6-14)22-10-3-9-20-22/h2-11,16H,12-13H2,1H3,(H,21,23). The molecule has 3 aromatic rings. The number of carbonyl (C=O) groups is 2. The average Bonchev–Trinajstić information content (AvgIpc) is 3.35. The van der Waals surface area contributed by atoms with Gasteiger partial charge >= 0.3 is 5.97 Å². The van der Waals surface area contributed by atoms with E-state index in [4.69, 9.17) is 4.74 Å². The van der Waals surface area contributed by atoms with E-state index in [9.17, 15) is 9.59 Å². The van der Waals surface area contributed by atoms with E-state index in [2.05, 4.69) is 10.4 Å². The van der Waals surface area contributed by atoms with Crippen LogP contribution in [0.4, 0.5) is 0 Å². The summed E-state index contributed by atoms with van der Waals surface area (Å²) in [6.45, 7) is 0. The summed E-state index contributed by atoms with van der Waals surface area (Å²) >= 11 is 1.50. The zero-order valence-corrected chi connectivity index (χ0v) is 15.1. The molecule has 6 nitrogen and oxygen atoms in total. The normalized spacial score (nSPS) is 11.7. The number of benzene rings is 1. The Morgan fingerprint density at radius 3 is 2.65 bits per heavy atom. The highest BCUT2D eigenvalue weighted by Gasteiger charge is 2.20. The number of amides is 1. The third kappa shape index (κ3) is 4.58. The Morgan fingerprint density at radius 2 is 2.04 bits per heavy atom. The van der Waals surface area contributed by atoms with Crippen LogP contribution in [0.5, 0.6) is 0 Å². The lowest BCUT2D eigenvalue weighted by Gasteiger charge is -2.16. The second-order valence-electron chi connectivity index (χ2n) is 5.71. The van der Waals surface area contributed by atoms with Crippen molar-refractivity contribution in [2.24, 2.45) is 0 Å². The number of nitrogens with one attached hydrogen (secondary N) is 1. The van der Waals surface area contributed by atoms with Gasteiger partial charge in [0.2, 0.25) is 5.91 Å². The second-order valence-corrected chi connectivity index (χ2v) is 6.69. The number of aromatic nitrogens is 2. The molecule has 1 atom stereocenters. The van der Waals surface area contributed by atoms with E-state index in [0.717, 1.165) is 16.1 Å². The first kappa shape index (κ1) is 17.9. The van der Waals surface area contributed by atoms with Crippen molar-refractivity contribution in [3.05, 3.63) is 70.7 Å². The fourth-order valence-corrected chi connectivity index (χ4v) is 3.36. The molecule has 3 rings (SSSR count). The van der Waals surface area contributed by atoms with Gasteiger partial charge in [0.15, 0.2) is 0 Å². The Bertz CT molecular complexity index is 843. The first-order chi connectivity index (χ1) is 12.7. The smallest absolute Gasteiger partial charge is 0.307 e. The summed E-state index contributed by atoms with van der Waals surface area (Å²) in [5.41, 5.74) is 1.82. The van der Waals surface area contributed by atoms with Gasteiger partial charge in [-0.25, -0.2) is 4.68 Å². The highest BCUT2D eigenvalue weighted by atomic mass is 32.1. The van der Waals surface area contributed by atoms with Crippen LogP contribution in [0.3, 0.4) is 0 Å². The molecule has 26 heavy (non-hydrogen) atoms. The Kier molecular flexibility index (Phi) is 5.80. The second kappa shape index (κ2) is 8.44. The summed E-state index contributed by atoms with van der Waals surface area (Å²) in [5.74, 6) is -0.494. The molecule has 1 aromatic carbocycles. The molecule has 134 valence electrons. The van der Waals surface area contributed by atoms with Crippen LogP contribution in [0.15, 0.2) is 60.2 Å². The molecule has 0 aliphatic heterocycles. The van der Waals surface area contributed by atoms with E-state index in [1.54, 1.807) is 10.9 Å². The molecule has 0 saturated heterocycles. The number of hydrogen-bond donors (Lipinski definition) is 1. The van der Waals surface area contributed by atoms with Crippen molar-refractivity contribution in [1.82, 2.24) is 15.1 Å². The Morgan fingerprint density at radius 1 is 1.23 bits per heavy atom. The van der Waals surface area contributed by atoms with Gasteiger partial charge in [-0.1, -0.05) is 18.2 Å². The van der Waals surface area contributed by atoms with Crippen molar-refractivity contribution in [2.75, 3.05) is 7.11 Å². The van der Waals surface area contributed by atoms with E-state index in [0.29, 0.717) is 0 Å². The molecule has 0 spiro atoms. The number of ether oxygens (including phenoxy) is 1. The first-order valence-corrected chi connectivity index (χ1v) is 9.02. The molecule has 0 radical (unpaired) electrons. The quantitative estimate of drug-likeness (QED) is 0.650. The van der Waals surface area contributed by atoms with Crippen LogP contribution in [0.1, 0.15) is 22.9 Å². The van der Waals surface area contributed by atoms with Gasteiger partial charge in [0.25, 0.3) is 0 Å². The highest BCUT2D eigenvalue weighted by molar-refractivity contribution is 7.10. The Hall–Kier alpha value is -2.93. The molecule has 1 N–H and O–H groups in total. The van der Waals surface area contributed by atoms with Gasteiger partial charge in [0.05, 0.1) is 31.7 Å². The van der Waals surface area contributed by atoms with E-state index in [1.807, 2.05) is 54.0 Å². The van der Waals surface area contributed by atoms with Crippen molar-refractivity contribution < 1.29 is 14.3 Å². The molecule has 0 aliphatic carbocycles. The van der Waals surface area contributed by atoms with Crippen molar-refractivity contribution in [3.63, 3.8) is 0 Å². The summed E-state index contributed by atoms with van der Waals surface area (Å²) in [6.07, 6.45) is 3.93. The third-order valence-corrected chi connectivity index (χ3v) is 4.88. The molecule has 2 aromatic heterocycles. The summed E-state index contributed by atoms with van der Waals surface area (Å²) < 4.78 is 6.49. The van der Waals surface area contributed by atoms with Gasteiger partial charge in [-0.05, 0) is 35.2 Å². The lowest BCUT2D eigenvalue weighted by Crippen LogP contribution is -2.31. The van der Waals surface area contributed by atoms with Crippen LogP contribution in [0.2, 0.25) is 0 Å². The van der Waals surface area contributed by atoms with Crippen LogP contribution < -0.4 is 5.32 Å². The minimum absolute atomic E-state index is 0.112. The van der Waals surface area contributed by atoms with Gasteiger partial charge in [0.1, 0.15) is 0 Å². The minimum Gasteiger partial charge on any atom is -0.469 e. The van der Waals surface area contributed by atoms with Crippen molar-refractivity contribution in [1.29, 1.82) is 0 Å². The summed E-state index contributed by atoms with van der Waals surface area (Å²) in [7, 11) is 1.34. The lowest BCUT2D eigenvalue weighted by molar-refractivity contribution is -0.141. The van der Waals surface area contributed by atoms with Crippen molar-refractivity contribution in [3.8, 4) is 5.69 Å². The predicted octanol–water partition coefficient (Wildman–Crippen LogP) is 2.90. The molecule has 1 unspecified atom stereocenters. The van der Waals surface area contributed by atoms with E-state index < -0.39 is 0 Å². The number of esters is 1. The number of nitrogens with zero attached hydrogens (tertiary/aromatic N) is 2. The number of thiophene rings is 1. The maximum absolute atomic E-state index is 12.4. The largest absolute Gasteiger partial charge is 0.469 e. The molecule has 0 aliphatic rings. The van der Waals surface area contributed by atoms with E-state index in [-0.39, 0.29) is 30.8 Å². The molecule has 0 bridgehead atoms. The molecule has 7 heteroatoms. The third-order valence-electron chi connectivity index (χ3n) is 3.89. The molecule has 1 amide bonds. The number of rotatable bonds is 7. The highest BCUT2D eigenvalue weighted by Crippen LogP contribution is 2.22. The monoisotopic (exact) mass is 369 g/mol. The van der Waals surface area contributed by atoms with Crippen molar-refractivity contribution in [2.45, 2.75) is 18.9 Å². The number of methoxy groups -OCH3 is 1. The molecule has 2 heterocycles. The lowest BCUT2D eigenvalue weighted by atomic mass is 10.1. The Balaban J connectivity index is 1.63. The predicted molar refractivity (Wildman–Crippen MR) is 99.1 cm³/mol. The topological polar surface area (TPSA) is 73.2 Å². The van der Waals surface area contributed by atoms with Crippen LogP contribution >= 0.6 is 11.3 Å².